The van der Waals surface area contributed by atoms with Gasteiger partial charge in [-0.3, -0.25) is 4.79 Å². The number of carbonyl (C=O) groups excluding carboxylic acids is 2. The molecule has 1 N–H and O–H groups in total. The summed E-state index contributed by atoms with van der Waals surface area (Å²) in [5, 5.41) is 3.01. The van der Waals surface area contributed by atoms with Gasteiger partial charge < -0.3 is 19.5 Å². The molecule has 6 nitrogen and oxygen atoms in total. The van der Waals surface area contributed by atoms with E-state index in [1.807, 2.05) is 0 Å². The van der Waals surface area contributed by atoms with Crippen LogP contribution in [0.5, 0.6) is 5.75 Å². The Morgan fingerprint density at radius 3 is 2.82 bits per heavy atom. The van der Waals surface area contributed by atoms with E-state index in [9.17, 15) is 9.59 Å². The Labute approximate surface area is 133 Å². The van der Waals surface area contributed by atoms with Crippen molar-refractivity contribution in [3.8, 4) is 5.75 Å². The zero-order valence-corrected chi connectivity index (χ0v) is 13.2. The van der Waals surface area contributed by atoms with Crippen LogP contribution in [-0.2, 0) is 19.1 Å². The van der Waals surface area contributed by atoms with Gasteiger partial charge in [0.05, 0.1) is 12.1 Å². The van der Waals surface area contributed by atoms with Crippen LogP contribution in [0.1, 0.15) is 19.8 Å². The van der Waals surface area contributed by atoms with Crippen LogP contribution in [0.15, 0.2) is 18.2 Å². The fourth-order valence-electron chi connectivity index (χ4n) is 2.06. The third-order valence-corrected chi connectivity index (χ3v) is 3.57. The molecule has 2 rings (SSSR count). The summed E-state index contributed by atoms with van der Waals surface area (Å²) in [5.41, 5.74) is 0.496. The summed E-state index contributed by atoms with van der Waals surface area (Å²) >= 11 is 5.98. The molecule has 1 saturated heterocycles. The van der Waals surface area contributed by atoms with Crippen molar-refractivity contribution in [1.82, 2.24) is 0 Å². The van der Waals surface area contributed by atoms with Gasteiger partial charge in [-0.2, -0.15) is 0 Å². The maximum atomic E-state index is 12.0. The van der Waals surface area contributed by atoms with Gasteiger partial charge in [0.25, 0.3) is 5.91 Å². The fourth-order valence-corrected chi connectivity index (χ4v) is 2.31. The smallest absolute Gasteiger partial charge is 0.336 e. The molecule has 1 aromatic rings. The zero-order chi connectivity index (χ0) is 16.1. The number of methoxy groups -OCH3 is 1. The lowest BCUT2D eigenvalue weighted by molar-refractivity contribution is -0.162. The molecule has 0 saturated carbocycles. The Balaban J connectivity index is 1.90. The van der Waals surface area contributed by atoms with Crippen LogP contribution in [-0.4, -0.2) is 37.8 Å². The molecule has 0 spiro atoms. The summed E-state index contributed by atoms with van der Waals surface area (Å²) in [4.78, 5) is 23.8. The summed E-state index contributed by atoms with van der Waals surface area (Å²) < 4.78 is 15.4. The van der Waals surface area contributed by atoms with Crippen molar-refractivity contribution in [1.29, 1.82) is 0 Å². The van der Waals surface area contributed by atoms with E-state index in [-0.39, 0.29) is 0 Å². The number of benzene rings is 1. The van der Waals surface area contributed by atoms with Gasteiger partial charge in [0.15, 0.2) is 12.2 Å². The van der Waals surface area contributed by atoms with E-state index in [0.29, 0.717) is 29.5 Å². The molecule has 1 fully saturated rings. The zero-order valence-electron chi connectivity index (χ0n) is 12.4. The first kappa shape index (κ1) is 16.6. The van der Waals surface area contributed by atoms with Crippen LogP contribution >= 0.6 is 11.6 Å². The van der Waals surface area contributed by atoms with Gasteiger partial charge in [-0.1, -0.05) is 11.6 Å². The number of carbonyl (C=O) groups is 2. The van der Waals surface area contributed by atoms with Crippen LogP contribution in [0.3, 0.4) is 0 Å². The number of esters is 1. The topological polar surface area (TPSA) is 73.9 Å². The molecule has 1 aromatic carbocycles. The number of nitrogens with one attached hydrogen (secondary N) is 1. The molecule has 0 aromatic heterocycles. The van der Waals surface area contributed by atoms with Crippen molar-refractivity contribution >= 4 is 29.2 Å². The van der Waals surface area contributed by atoms with Gasteiger partial charge in [0.2, 0.25) is 0 Å². The number of ether oxygens (including phenoxy) is 3. The summed E-state index contributed by atoms with van der Waals surface area (Å²) in [7, 11) is 1.51. The SMILES string of the molecule is COc1ccc(NC(=O)[C@@H](C)OC(=O)[C@H]2CCCO2)cc1Cl. The summed E-state index contributed by atoms with van der Waals surface area (Å²) in [5.74, 6) is -0.432. The number of amides is 1. The molecule has 1 aliphatic heterocycles. The average Bonchev–Trinajstić information content (AvgIpc) is 3.01. The second kappa shape index (κ2) is 7.47. The molecule has 1 aliphatic rings. The molecular formula is C15H18ClNO5. The van der Waals surface area contributed by atoms with Crippen molar-refractivity contribution in [3.63, 3.8) is 0 Å². The maximum absolute atomic E-state index is 12.0. The highest BCUT2D eigenvalue weighted by molar-refractivity contribution is 6.32. The fraction of sp³-hybridized carbons (Fsp3) is 0.467. The second-order valence-electron chi connectivity index (χ2n) is 4.92. The van der Waals surface area contributed by atoms with Gasteiger partial charge >= 0.3 is 5.97 Å². The third kappa shape index (κ3) is 4.11. The molecular weight excluding hydrogens is 310 g/mol. The highest BCUT2D eigenvalue weighted by atomic mass is 35.5. The highest BCUT2D eigenvalue weighted by Gasteiger charge is 2.28. The molecule has 0 unspecified atom stereocenters. The van der Waals surface area contributed by atoms with E-state index in [2.05, 4.69) is 5.32 Å². The molecule has 0 bridgehead atoms. The minimum Gasteiger partial charge on any atom is -0.495 e. The van der Waals surface area contributed by atoms with Crippen LogP contribution in [0.25, 0.3) is 0 Å². The monoisotopic (exact) mass is 327 g/mol. The van der Waals surface area contributed by atoms with E-state index in [1.165, 1.54) is 14.0 Å². The minimum atomic E-state index is -0.919. The third-order valence-electron chi connectivity index (χ3n) is 3.27. The first-order valence-corrected chi connectivity index (χ1v) is 7.35. The number of hydrogen-bond donors (Lipinski definition) is 1. The Kier molecular flexibility index (Phi) is 5.63. The lowest BCUT2D eigenvalue weighted by Crippen LogP contribution is -2.33. The first-order valence-electron chi connectivity index (χ1n) is 6.97. The second-order valence-corrected chi connectivity index (χ2v) is 5.33. The van der Waals surface area contributed by atoms with Crippen molar-refractivity contribution in [3.05, 3.63) is 23.2 Å². The number of rotatable bonds is 5. The van der Waals surface area contributed by atoms with Gasteiger partial charge in [-0.25, -0.2) is 4.79 Å². The van der Waals surface area contributed by atoms with Gasteiger partial charge in [0, 0.05) is 12.3 Å². The molecule has 120 valence electrons. The number of anilines is 1. The molecule has 1 amide bonds. The van der Waals surface area contributed by atoms with E-state index in [4.69, 9.17) is 25.8 Å². The molecule has 0 radical (unpaired) electrons. The normalized spacial score (nSPS) is 18.6. The van der Waals surface area contributed by atoms with E-state index in [0.717, 1.165) is 6.42 Å². The lowest BCUT2D eigenvalue weighted by atomic mass is 10.2. The Morgan fingerprint density at radius 2 is 2.23 bits per heavy atom. The van der Waals surface area contributed by atoms with Crippen molar-refractivity contribution in [2.45, 2.75) is 32.0 Å². The number of halogens is 1. The predicted molar refractivity (Wildman–Crippen MR) is 81.2 cm³/mol. The van der Waals surface area contributed by atoms with Crippen molar-refractivity contribution < 1.29 is 23.8 Å². The van der Waals surface area contributed by atoms with Gasteiger partial charge in [-0.15, -0.1) is 0 Å². The van der Waals surface area contributed by atoms with Crippen molar-refractivity contribution in [2.24, 2.45) is 0 Å². The van der Waals surface area contributed by atoms with Crippen LogP contribution < -0.4 is 10.1 Å². The Bertz CT molecular complexity index is 557. The van der Waals surface area contributed by atoms with Crippen LogP contribution in [0.4, 0.5) is 5.69 Å². The lowest BCUT2D eigenvalue weighted by Gasteiger charge is -2.16. The first-order chi connectivity index (χ1) is 10.5. The Morgan fingerprint density at radius 1 is 1.45 bits per heavy atom. The molecule has 7 heteroatoms. The largest absolute Gasteiger partial charge is 0.495 e. The average molecular weight is 328 g/mol. The molecule has 2 atom stereocenters. The van der Waals surface area contributed by atoms with Crippen LogP contribution in [0.2, 0.25) is 5.02 Å². The van der Waals surface area contributed by atoms with E-state index >= 15 is 0 Å². The number of hydrogen-bond acceptors (Lipinski definition) is 5. The van der Waals surface area contributed by atoms with Crippen molar-refractivity contribution in [2.75, 3.05) is 19.0 Å². The minimum absolute atomic E-state index is 0.379. The summed E-state index contributed by atoms with van der Waals surface area (Å²) in [6, 6.07) is 4.85. The highest BCUT2D eigenvalue weighted by Crippen LogP contribution is 2.27. The summed E-state index contributed by atoms with van der Waals surface area (Å²) in [6.45, 7) is 2.05. The van der Waals surface area contributed by atoms with E-state index < -0.39 is 24.1 Å². The molecule has 22 heavy (non-hydrogen) atoms. The van der Waals surface area contributed by atoms with Gasteiger partial charge in [-0.05, 0) is 38.0 Å². The van der Waals surface area contributed by atoms with E-state index in [1.54, 1.807) is 18.2 Å². The summed E-state index contributed by atoms with van der Waals surface area (Å²) in [6.07, 6.45) is -0.0327. The molecule has 0 aliphatic carbocycles. The molecule has 1 heterocycles. The Hall–Kier alpha value is -1.79. The quantitative estimate of drug-likeness (QED) is 0.841. The van der Waals surface area contributed by atoms with Gasteiger partial charge in [0.1, 0.15) is 5.75 Å². The maximum Gasteiger partial charge on any atom is 0.336 e. The van der Waals surface area contributed by atoms with Crippen LogP contribution in [0, 0.1) is 0 Å². The predicted octanol–water partition coefficient (Wildman–Crippen LogP) is 2.40. The standard InChI is InChI=1S/C15H18ClNO5/c1-9(22-15(19)13-4-3-7-21-13)14(18)17-10-5-6-12(20-2)11(16)8-10/h5-6,8-9,13H,3-4,7H2,1-2H3,(H,17,18)/t9-,13-/m1/s1.